The molecule has 0 radical (unpaired) electrons. The molecule has 2 aromatic heterocycles. The number of anilines is 1. The lowest BCUT2D eigenvalue weighted by molar-refractivity contribution is 0.102. The Morgan fingerprint density at radius 3 is 2.60 bits per heavy atom. The third-order valence-electron chi connectivity index (χ3n) is 4.26. The maximum absolute atomic E-state index is 12.6. The molecule has 0 saturated heterocycles. The Balaban J connectivity index is 1.44. The fourth-order valence-electron chi connectivity index (χ4n) is 2.74. The van der Waals surface area contributed by atoms with Gasteiger partial charge >= 0.3 is 0 Å². The van der Waals surface area contributed by atoms with E-state index in [1.165, 1.54) is 11.3 Å². The SMILES string of the molecule is COc1cc(C(=O)Nc2nnc(-c3ccncc3)s2)ccc1COc1ccccc1. The summed E-state index contributed by atoms with van der Waals surface area (Å²) in [4.78, 5) is 16.6. The predicted octanol–water partition coefficient (Wildman–Crippen LogP) is 4.44. The number of nitrogens with one attached hydrogen (secondary N) is 1. The molecular weight excluding hydrogens is 400 g/mol. The smallest absolute Gasteiger partial charge is 0.257 e. The van der Waals surface area contributed by atoms with E-state index in [0.29, 0.717) is 28.1 Å². The van der Waals surface area contributed by atoms with E-state index in [1.807, 2.05) is 48.5 Å². The predicted molar refractivity (Wildman–Crippen MR) is 115 cm³/mol. The van der Waals surface area contributed by atoms with Crippen LogP contribution in [-0.2, 0) is 6.61 Å². The molecular formula is C22H18N4O3S. The van der Waals surface area contributed by atoms with Crippen LogP contribution in [0.15, 0.2) is 73.1 Å². The fourth-order valence-corrected chi connectivity index (χ4v) is 3.48. The van der Waals surface area contributed by atoms with Gasteiger partial charge in [-0.25, -0.2) is 0 Å². The first-order valence-corrected chi connectivity index (χ1v) is 9.94. The molecule has 2 aromatic carbocycles. The Labute approximate surface area is 177 Å². The summed E-state index contributed by atoms with van der Waals surface area (Å²) in [5.41, 5.74) is 2.19. The van der Waals surface area contributed by atoms with Gasteiger partial charge in [0.2, 0.25) is 5.13 Å². The summed E-state index contributed by atoms with van der Waals surface area (Å²) >= 11 is 1.29. The summed E-state index contributed by atoms with van der Waals surface area (Å²) in [6.07, 6.45) is 3.37. The second kappa shape index (κ2) is 9.15. The monoisotopic (exact) mass is 418 g/mol. The number of carbonyl (C=O) groups is 1. The van der Waals surface area contributed by atoms with Crippen molar-refractivity contribution in [1.29, 1.82) is 0 Å². The minimum absolute atomic E-state index is 0.291. The number of ether oxygens (including phenoxy) is 2. The molecule has 30 heavy (non-hydrogen) atoms. The number of carbonyl (C=O) groups excluding carboxylic acids is 1. The van der Waals surface area contributed by atoms with E-state index in [-0.39, 0.29) is 5.91 Å². The Morgan fingerprint density at radius 2 is 1.83 bits per heavy atom. The molecule has 7 nitrogen and oxygen atoms in total. The van der Waals surface area contributed by atoms with Crippen molar-refractivity contribution in [2.24, 2.45) is 0 Å². The topological polar surface area (TPSA) is 86.2 Å². The zero-order valence-electron chi connectivity index (χ0n) is 16.1. The van der Waals surface area contributed by atoms with Crippen LogP contribution < -0.4 is 14.8 Å². The first kappa shape index (κ1) is 19.5. The summed E-state index contributed by atoms with van der Waals surface area (Å²) in [5.74, 6) is 1.05. The molecule has 0 aliphatic carbocycles. The fraction of sp³-hybridized carbons (Fsp3) is 0.0909. The minimum atomic E-state index is -0.291. The lowest BCUT2D eigenvalue weighted by Crippen LogP contribution is -2.12. The van der Waals surface area contributed by atoms with Crippen LogP contribution in [0.3, 0.4) is 0 Å². The molecule has 0 fully saturated rings. The van der Waals surface area contributed by atoms with Crippen molar-refractivity contribution in [3.05, 3.63) is 84.2 Å². The third-order valence-corrected chi connectivity index (χ3v) is 5.15. The number of aromatic nitrogens is 3. The molecule has 0 unspecified atom stereocenters. The van der Waals surface area contributed by atoms with E-state index in [0.717, 1.165) is 16.9 Å². The van der Waals surface area contributed by atoms with Crippen molar-refractivity contribution >= 4 is 22.4 Å². The molecule has 0 bridgehead atoms. The second-order valence-corrected chi connectivity index (χ2v) is 7.21. The van der Waals surface area contributed by atoms with Crippen molar-refractivity contribution < 1.29 is 14.3 Å². The quantitative estimate of drug-likeness (QED) is 0.478. The summed E-state index contributed by atoms with van der Waals surface area (Å²) in [7, 11) is 1.56. The maximum Gasteiger partial charge on any atom is 0.257 e. The van der Waals surface area contributed by atoms with Crippen LogP contribution >= 0.6 is 11.3 Å². The largest absolute Gasteiger partial charge is 0.496 e. The maximum atomic E-state index is 12.6. The summed E-state index contributed by atoms with van der Waals surface area (Å²) in [5, 5.41) is 12.1. The minimum Gasteiger partial charge on any atom is -0.496 e. The first-order valence-electron chi connectivity index (χ1n) is 9.13. The van der Waals surface area contributed by atoms with E-state index in [1.54, 1.807) is 31.6 Å². The number of nitrogens with zero attached hydrogens (tertiary/aromatic N) is 3. The molecule has 0 aliphatic heterocycles. The van der Waals surface area contributed by atoms with E-state index in [4.69, 9.17) is 9.47 Å². The Morgan fingerprint density at radius 1 is 1.03 bits per heavy atom. The lowest BCUT2D eigenvalue weighted by atomic mass is 10.1. The summed E-state index contributed by atoms with van der Waals surface area (Å²) in [6, 6.07) is 18.4. The first-order chi connectivity index (χ1) is 14.7. The Hall–Kier alpha value is -3.78. The van der Waals surface area contributed by atoms with Crippen LogP contribution in [0.2, 0.25) is 0 Å². The molecule has 0 spiro atoms. The van der Waals surface area contributed by atoms with Crippen LogP contribution in [0, 0.1) is 0 Å². The highest BCUT2D eigenvalue weighted by Gasteiger charge is 2.14. The summed E-state index contributed by atoms with van der Waals surface area (Å²) in [6.45, 7) is 0.334. The van der Waals surface area contributed by atoms with Crippen molar-refractivity contribution in [2.45, 2.75) is 6.61 Å². The molecule has 1 N–H and O–H groups in total. The normalized spacial score (nSPS) is 10.4. The number of amides is 1. The highest BCUT2D eigenvalue weighted by atomic mass is 32.1. The standard InChI is InChI=1S/C22H18N4O3S/c1-28-19-13-16(7-8-17(19)14-29-18-5-3-2-4-6-18)20(27)24-22-26-25-21(30-22)15-9-11-23-12-10-15/h2-13H,14H2,1H3,(H,24,26,27). The summed E-state index contributed by atoms with van der Waals surface area (Å²) < 4.78 is 11.2. The average Bonchev–Trinajstić information content (AvgIpc) is 3.27. The number of hydrogen-bond acceptors (Lipinski definition) is 7. The van der Waals surface area contributed by atoms with E-state index >= 15 is 0 Å². The van der Waals surface area contributed by atoms with Gasteiger partial charge in [-0.2, -0.15) is 0 Å². The molecule has 4 rings (SSSR count). The van der Waals surface area contributed by atoms with Crippen LogP contribution in [0.4, 0.5) is 5.13 Å². The van der Waals surface area contributed by atoms with Gasteiger partial charge in [-0.1, -0.05) is 35.6 Å². The molecule has 0 saturated carbocycles. The molecule has 8 heteroatoms. The van der Waals surface area contributed by atoms with Gasteiger partial charge in [0.25, 0.3) is 5.91 Å². The lowest BCUT2D eigenvalue weighted by Gasteiger charge is -2.12. The average molecular weight is 418 g/mol. The van der Waals surface area contributed by atoms with Gasteiger partial charge in [0.05, 0.1) is 7.11 Å². The number of pyridine rings is 1. The van der Waals surface area contributed by atoms with E-state index < -0.39 is 0 Å². The number of methoxy groups -OCH3 is 1. The van der Waals surface area contributed by atoms with Crippen molar-refractivity contribution in [1.82, 2.24) is 15.2 Å². The number of rotatable bonds is 7. The van der Waals surface area contributed by atoms with Crippen LogP contribution in [-0.4, -0.2) is 28.2 Å². The van der Waals surface area contributed by atoms with Gasteiger partial charge in [0, 0.05) is 29.1 Å². The van der Waals surface area contributed by atoms with E-state index in [9.17, 15) is 4.79 Å². The molecule has 150 valence electrons. The molecule has 0 aliphatic rings. The van der Waals surface area contributed by atoms with Gasteiger partial charge in [-0.05, 0) is 36.4 Å². The number of para-hydroxylation sites is 1. The third kappa shape index (κ3) is 4.61. The molecule has 0 atom stereocenters. The van der Waals surface area contributed by atoms with Crippen LogP contribution in [0.1, 0.15) is 15.9 Å². The van der Waals surface area contributed by atoms with Gasteiger partial charge in [0.1, 0.15) is 23.1 Å². The van der Waals surface area contributed by atoms with Crippen molar-refractivity contribution in [3.8, 4) is 22.1 Å². The van der Waals surface area contributed by atoms with Gasteiger partial charge in [0.15, 0.2) is 0 Å². The highest BCUT2D eigenvalue weighted by Crippen LogP contribution is 2.27. The zero-order valence-corrected chi connectivity index (χ0v) is 16.9. The van der Waals surface area contributed by atoms with Crippen molar-refractivity contribution in [2.75, 3.05) is 12.4 Å². The molecule has 2 heterocycles. The molecule has 1 amide bonds. The Bertz CT molecular complexity index is 1130. The molecule has 4 aromatic rings. The van der Waals surface area contributed by atoms with Gasteiger partial charge < -0.3 is 9.47 Å². The number of benzene rings is 2. The van der Waals surface area contributed by atoms with Crippen LogP contribution in [0.25, 0.3) is 10.6 Å². The van der Waals surface area contributed by atoms with Crippen LogP contribution in [0.5, 0.6) is 11.5 Å². The highest BCUT2D eigenvalue weighted by molar-refractivity contribution is 7.18. The zero-order chi connectivity index (χ0) is 20.8. The van der Waals surface area contributed by atoms with Gasteiger partial charge in [-0.15, -0.1) is 10.2 Å². The van der Waals surface area contributed by atoms with E-state index in [2.05, 4.69) is 20.5 Å². The second-order valence-electron chi connectivity index (χ2n) is 6.23. The van der Waals surface area contributed by atoms with Gasteiger partial charge in [-0.3, -0.25) is 15.1 Å². The Kier molecular flexibility index (Phi) is 5.95. The number of hydrogen-bond donors (Lipinski definition) is 1. The van der Waals surface area contributed by atoms with Crippen molar-refractivity contribution in [3.63, 3.8) is 0 Å².